The van der Waals surface area contributed by atoms with Crippen molar-refractivity contribution in [2.45, 2.75) is 46.7 Å². The van der Waals surface area contributed by atoms with Crippen LogP contribution in [-0.4, -0.2) is 18.7 Å². The number of hydrogen-bond acceptors (Lipinski definition) is 2. The number of aromatic nitrogens is 4. The van der Waals surface area contributed by atoms with Gasteiger partial charge in [-0.25, -0.2) is 0 Å². The molecule has 0 aliphatic carbocycles. The molecule has 0 fully saturated rings. The fourth-order valence-corrected chi connectivity index (χ4v) is 7.68. The van der Waals surface area contributed by atoms with Gasteiger partial charge >= 0.3 is 255 Å². The van der Waals surface area contributed by atoms with E-state index in [1.54, 1.807) is 18.3 Å². The van der Waals surface area contributed by atoms with Gasteiger partial charge in [-0.2, -0.15) is 0 Å². The normalized spacial score (nSPS) is 15.5. The van der Waals surface area contributed by atoms with E-state index >= 15 is 0 Å². The maximum atomic E-state index is 8.64. The second-order valence-corrected chi connectivity index (χ2v) is 14.2. The van der Waals surface area contributed by atoms with Crippen LogP contribution in [0.5, 0.6) is 11.5 Å². The first-order valence-electron chi connectivity index (χ1n) is 20.4. The van der Waals surface area contributed by atoms with Gasteiger partial charge in [0.2, 0.25) is 0 Å². The van der Waals surface area contributed by atoms with Crippen LogP contribution in [0.1, 0.15) is 55.4 Å². The summed E-state index contributed by atoms with van der Waals surface area (Å²) in [5, 5.41) is 1.39. The number of nitrogens with zero attached hydrogens (tertiary/aromatic N) is 4. The number of benzene rings is 5. The number of rotatable bonds is 5. The number of para-hydroxylation sites is 3. The van der Waals surface area contributed by atoms with Crippen LogP contribution < -0.4 is 4.74 Å². The summed E-state index contributed by atoms with van der Waals surface area (Å²) in [5.74, 6) is 1.43. The molecule has 8 aromatic rings. The van der Waals surface area contributed by atoms with Gasteiger partial charge in [0, 0.05) is 6.20 Å². The Labute approximate surface area is 310 Å². The molecule has 5 nitrogen and oxygen atoms in total. The van der Waals surface area contributed by atoms with Crippen LogP contribution >= 0.6 is 0 Å². The van der Waals surface area contributed by atoms with Crippen LogP contribution in [0.3, 0.4) is 0 Å². The molecule has 0 amide bonds. The molecule has 0 aliphatic rings. The average molecular weight is 831 g/mol. The number of ether oxygens (including phenoxy) is 1. The Morgan fingerprint density at radius 3 is 2.06 bits per heavy atom. The Morgan fingerprint density at radius 2 is 1.35 bits per heavy atom. The molecular formula is C43H38N4OPt. The van der Waals surface area contributed by atoms with E-state index in [2.05, 4.69) is 40.1 Å². The van der Waals surface area contributed by atoms with Crippen molar-refractivity contribution in [3.8, 4) is 28.7 Å². The van der Waals surface area contributed by atoms with E-state index in [1.807, 2.05) is 98.6 Å². The molecule has 3 aromatic heterocycles. The van der Waals surface area contributed by atoms with Gasteiger partial charge in [0.1, 0.15) is 0 Å². The topological polar surface area (TPSA) is 36.9 Å². The quantitative estimate of drug-likeness (QED) is 0.173. The summed E-state index contributed by atoms with van der Waals surface area (Å²) in [6, 6.07) is 34.4. The van der Waals surface area contributed by atoms with E-state index in [4.69, 9.17) is 22.1 Å². The first kappa shape index (κ1) is 22.6. The van der Waals surface area contributed by atoms with E-state index in [9.17, 15) is 0 Å². The van der Waals surface area contributed by atoms with Gasteiger partial charge < -0.3 is 0 Å². The van der Waals surface area contributed by atoms with Crippen LogP contribution in [0.15, 0.2) is 121 Å². The van der Waals surface area contributed by atoms with Crippen LogP contribution in [0.25, 0.3) is 50.0 Å². The maximum absolute atomic E-state index is 8.64. The number of fused-ring (bicyclic) bond motifs is 4. The first-order chi connectivity index (χ1) is 27.2. The molecule has 0 N–H and O–H groups in total. The van der Waals surface area contributed by atoms with Crippen molar-refractivity contribution in [1.82, 2.24) is 18.7 Å². The van der Waals surface area contributed by atoms with Gasteiger partial charge in [0.05, 0.1) is 0 Å². The molecule has 0 aliphatic heterocycles. The fourth-order valence-electron chi connectivity index (χ4n) is 6.55. The predicted octanol–water partition coefficient (Wildman–Crippen LogP) is 11.0. The Balaban J connectivity index is 1.29. The van der Waals surface area contributed by atoms with Gasteiger partial charge in [-0.3, -0.25) is 0 Å². The Kier molecular flexibility index (Phi) is 5.47. The molecule has 0 spiro atoms. The zero-order valence-corrected chi connectivity index (χ0v) is 29.3. The first-order valence-corrected chi connectivity index (χ1v) is 17.0. The van der Waals surface area contributed by atoms with E-state index in [1.165, 1.54) is 18.2 Å². The summed E-state index contributed by atoms with van der Waals surface area (Å²) in [4.78, 5) is 4.76. The van der Waals surface area contributed by atoms with Crippen LogP contribution in [-0.2, 0) is 24.8 Å². The molecule has 0 atom stereocenters. The second kappa shape index (κ2) is 11.9. The molecular weight excluding hydrogens is 784 g/mol. The van der Waals surface area contributed by atoms with Gasteiger partial charge in [0.15, 0.2) is 0 Å². The minimum atomic E-state index is -2.53. The molecule has 246 valence electrons. The van der Waals surface area contributed by atoms with E-state index in [-0.39, 0.29) is 22.1 Å². The summed E-state index contributed by atoms with van der Waals surface area (Å²) < 4.78 is 87.5. The SMILES string of the molecule is [2H]C([2H])([2H])c1cc(-n2[c](=[Pt])n(-c3cccc(Oc4cc(C([2H])([2H])[2H])c5c6ccccc6n(-c6cc(C(C)(C)C)ccn6)c5c4)c3)c3ccccc32)cc(C([2H])([2H])[2H])c1. The molecule has 5 aromatic carbocycles. The third-order valence-electron chi connectivity index (χ3n) is 8.78. The fraction of sp³-hybridized carbons (Fsp3) is 0.163. The van der Waals surface area contributed by atoms with Crippen LogP contribution in [0.2, 0.25) is 0 Å². The van der Waals surface area contributed by atoms with E-state index in [0.29, 0.717) is 43.4 Å². The number of pyridine rings is 1. The van der Waals surface area contributed by atoms with Crippen molar-refractivity contribution < 1.29 is 36.4 Å². The minimum absolute atomic E-state index is 0.0722. The zero-order chi connectivity index (χ0) is 41.5. The molecule has 0 unspecified atom stereocenters. The standard InChI is InChI=1S/C43H38N4O.Pt/c1-28-20-29(2)22-33(21-28)46-27-45(38-16-9-10-17-39(38)46)32-12-11-13-34(25-32)48-35-23-30(3)42-36-14-7-8-15-37(36)47(40(42)26-35)41-24-31(18-19-44-41)43(4,5)6;/h7-26H,1-6H3;/i1D3,2D3,3D3;. The van der Waals surface area contributed by atoms with Crippen molar-refractivity contribution >= 4 is 32.8 Å². The summed E-state index contributed by atoms with van der Waals surface area (Å²) in [6.07, 6.45) is 1.78. The monoisotopic (exact) mass is 830 g/mol. The zero-order valence-electron chi connectivity index (χ0n) is 36.1. The molecule has 6 heteroatoms. The second-order valence-electron chi connectivity index (χ2n) is 13.1. The molecule has 3 heterocycles. The average Bonchev–Trinajstić information content (AvgIpc) is 3.64. The predicted molar refractivity (Wildman–Crippen MR) is 197 cm³/mol. The number of imidazole rings is 1. The van der Waals surface area contributed by atoms with Crippen molar-refractivity contribution in [3.63, 3.8) is 0 Å². The summed E-state index contributed by atoms with van der Waals surface area (Å²) in [6.45, 7) is -1.13. The molecule has 0 radical (unpaired) electrons. The van der Waals surface area contributed by atoms with Crippen molar-refractivity contribution in [1.29, 1.82) is 0 Å². The van der Waals surface area contributed by atoms with Gasteiger partial charge in [-0.1, -0.05) is 32.9 Å². The molecule has 0 saturated heterocycles. The number of hydrogen-bond donors (Lipinski definition) is 0. The van der Waals surface area contributed by atoms with Crippen LogP contribution in [0.4, 0.5) is 0 Å². The van der Waals surface area contributed by atoms with Gasteiger partial charge in [-0.05, 0) is 17.0 Å². The molecule has 0 saturated carbocycles. The Bertz CT molecular complexity index is 2930. The summed E-state index contributed by atoms with van der Waals surface area (Å²) in [7, 11) is 0. The van der Waals surface area contributed by atoms with Crippen LogP contribution in [0, 0.1) is 24.4 Å². The molecule has 8 rings (SSSR count). The van der Waals surface area contributed by atoms with Crippen molar-refractivity contribution in [2.24, 2.45) is 0 Å². The van der Waals surface area contributed by atoms with Gasteiger partial charge in [-0.15, -0.1) is 0 Å². The van der Waals surface area contributed by atoms with E-state index < -0.39 is 20.6 Å². The third-order valence-corrected chi connectivity index (χ3v) is 9.80. The van der Waals surface area contributed by atoms with Crippen molar-refractivity contribution in [2.75, 3.05) is 0 Å². The van der Waals surface area contributed by atoms with Crippen molar-refractivity contribution in [3.05, 3.63) is 148 Å². The Morgan fingerprint density at radius 1 is 0.633 bits per heavy atom. The Hall–Kier alpha value is -4.99. The third kappa shape index (κ3) is 5.47. The summed E-state index contributed by atoms with van der Waals surface area (Å²) in [5.41, 5.74) is 5.01. The van der Waals surface area contributed by atoms with Gasteiger partial charge in [0.25, 0.3) is 0 Å². The molecule has 0 bridgehead atoms. The summed E-state index contributed by atoms with van der Waals surface area (Å²) >= 11 is 2.16. The molecule has 49 heavy (non-hydrogen) atoms. The van der Waals surface area contributed by atoms with E-state index in [0.717, 1.165) is 27.5 Å². The number of aryl methyl sites for hydroxylation is 3.